The minimum absolute atomic E-state index is 0.0480. The molecule has 2 aliphatic heterocycles. The maximum Gasteiger partial charge on any atom is 0.408 e. The third kappa shape index (κ3) is 6.98. The minimum Gasteiger partial charge on any atom is -0.486 e. The Morgan fingerprint density at radius 3 is 2.50 bits per heavy atom. The molecule has 1 N–H and O–H groups in total. The van der Waals surface area contributed by atoms with Crippen molar-refractivity contribution >= 4 is 41.0 Å². The SMILES string of the molecule is CC(C)(C)OC(=O)N[C@@H](COCc1ccc(Cl)c(Cl)c1)C(=O)N1CCC2(CC1)CC(=O)c1ccccc1O2. The number of Topliss-reactive ketones (excluding diaryl/α,β-unsaturated/α-hetero) is 1. The number of amides is 2. The normalized spacial score (nSPS) is 17.4. The number of carbonyl (C=O) groups is 3. The molecule has 1 fully saturated rings. The number of hydrogen-bond donors (Lipinski definition) is 1. The van der Waals surface area contributed by atoms with Crippen LogP contribution in [0.4, 0.5) is 4.79 Å². The number of alkyl carbamates (subject to hydrolysis) is 1. The molecule has 2 amide bonds. The van der Waals surface area contributed by atoms with Crippen LogP contribution in [0, 0.1) is 0 Å². The van der Waals surface area contributed by atoms with Crippen molar-refractivity contribution in [2.75, 3.05) is 19.7 Å². The molecule has 38 heavy (non-hydrogen) atoms. The van der Waals surface area contributed by atoms with Crippen LogP contribution in [0.5, 0.6) is 5.75 Å². The number of ketones is 1. The molecule has 0 saturated carbocycles. The Morgan fingerprint density at radius 1 is 1.11 bits per heavy atom. The van der Waals surface area contributed by atoms with Gasteiger partial charge in [0.2, 0.25) is 5.91 Å². The first-order valence-corrected chi connectivity index (χ1v) is 13.3. The first-order chi connectivity index (χ1) is 17.9. The Bertz CT molecular complexity index is 1200. The van der Waals surface area contributed by atoms with Crippen LogP contribution in [0.2, 0.25) is 10.0 Å². The van der Waals surface area contributed by atoms with Gasteiger partial charge in [-0.2, -0.15) is 0 Å². The van der Waals surface area contributed by atoms with Gasteiger partial charge in [-0.25, -0.2) is 4.79 Å². The van der Waals surface area contributed by atoms with Crippen LogP contribution in [0.25, 0.3) is 0 Å². The van der Waals surface area contributed by atoms with Crippen molar-refractivity contribution in [3.8, 4) is 5.75 Å². The summed E-state index contributed by atoms with van der Waals surface area (Å²) in [7, 11) is 0. The van der Waals surface area contributed by atoms with Crippen LogP contribution in [-0.4, -0.2) is 59.6 Å². The molecule has 2 aromatic carbocycles. The second-order valence-corrected chi connectivity index (χ2v) is 11.5. The lowest BCUT2D eigenvalue weighted by Gasteiger charge is -2.44. The summed E-state index contributed by atoms with van der Waals surface area (Å²) in [6.45, 7) is 6.12. The molecular weight excluding hydrogens is 531 g/mol. The lowest BCUT2D eigenvalue weighted by molar-refractivity contribution is -0.138. The molecule has 204 valence electrons. The van der Waals surface area contributed by atoms with E-state index in [4.69, 9.17) is 37.4 Å². The van der Waals surface area contributed by atoms with Crippen LogP contribution in [0.3, 0.4) is 0 Å². The van der Waals surface area contributed by atoms with E-state index in [1.54, 1.807) is 56.0 Å². The fourth-order valence-corrected chi connectivity index (χ4v) is 4.95. The van der Waals surface area contributed by atoms with Crippen molar-refractivity contribution in [3.05, 3.63) is 63.6 Å². The number of para-hydroxylation sites is 1. The van der Waals surface area contributed by atoms with Crippen molar-refractivity contribution in [1.82, 2.24) is 10.2 Å². The Labute approximate surface area is 232 Å². The highest BCUT2D eigenvalue weighted by Crippen LogP contribution is 2.39. The number of halogens is 2. The molecule has 1 saturated heterocycles. The van der Waals surface area contributed by atoms with Crippen molar-refractivity contribution in [2.45, 2.75) is 63.9 Å². The highest BCUT2D eigenvalue weighted by atomic mass is 35.5. The molecular formula is C28H32Cl2N2O6. The summed E-state index contributed by atoms with van der Waals surface area (Å²) in [5.41, 5.74) is 0.0114. The predicted octanol–water partition coefficient (Wildman–Crippen LogP) is 5.43. The van der Waals surface area contributed by atoms with Gasteiger partial charge in [0.1, 0.15) is 23.0 Å². The molecule has 0 bridgehead atoms. The van der Waals surface area contributed by atoms with Gasteiger partial charge >= 0.3 is 6.09 Å². The summed E-state index contributed by atoms with van der Waals surface area (Å²) in [4.78, 5) is 40.4. The van der Waals surface area contributed by atoms with Gasteiger partial charge in [0.25, 0.3) is 0 Å². The minimum atomic E-state index is -0.962. The Hall–Kier alpha value is -2.81. The number of nitrogens with zero attached hydrogens (tertiary/aromatic N) is 1. The van der Waals surface area contributed by atoms with E-state index in [1.807, 2.05) is 12.1 Å². The second-order valence-electron chi connectivity index (χ2n) is 10.7. The number of likely N-dealkylation sites (tertiary alicyclic amines) is 1. The average Bonchev–Trinajstić information content (AvgIpc) is 2.84. The van der Waals surface area contributed by atoms with Gasteiger partial charge in [0.15, 0.2) is 5.78 Å². The maximum absolute atomic E-state index is 13.5. The highest BCUT2D eigenvalue weighted by Gasteiger charge is 2.44. The lowest BCUT2D eigenvalue weighted by atomic mass is 9.82. The quantitative estimate of drug-likeness (QED) is 0.504. The van der Waals surface area contributed by atoms with Crippen LogP contribution in [0.15, 0.2) is 42.5 Å². The molecule has 0 unspecified atom stereocenters. The number of carbonyl (C=O) groups excluding carboxylic acids is 3. The summed E-state index contributed by atoms with van der Waals surface area (Å²) in [5, 5.41) is 3.50. The summed E-state index contributed by atoms with van der Waals surface area (Å²) in [5.74, 6) is 0.345. The molecule has 2 aromatic rings. The molecule has 10 heteroatoms. The molecule has 1 spiro atoms. The molecule has 0 aromatic heterocycles. The fraction of sp³-hybridized carbons (Fsp3) is 0.464. The maximum atomic E-state index is 13.5. The Balaban J connectivity index is 1.40. The molecule has 2 heterocycles. The van der Waals surface area contributed by atoms with Crippen LogP contribution in [-0.2, 0) is 20.9 Å². The molecule has 0 aliphatic carbocycles. The average molecular weight is 563 g/mol. The third-order valence-electron chi connectivity index (χ3n) is 6.51. The second kappa shape index (κ2) is 11.5. The number of fused-ring (bicyclic) bond motifs is 1. The summed E-state index contributed by atoms with van der Waals surface area (Å²) in [6, 6.07) is 11.4. The standard InChI is InChI=1S/C28H32Cl2N2O6/c1-27(2,3)38-26(35)31-22(17-36-16-18-8-9-20(29)21(30)14-18)25(34)32-12-10-28(11-13-32)15-23(33)19-6-4-5-7-24(19)37-28/h4-9,14,22H,10-13,15-17H2,1-3H3,(H,31,35)/t22-/m0/s1. The number of hydrogen-bond acceptors (Lipinski definition) is 6. The molecule has 0 radical (unpaired) electrons. The third-order valence-corrected chi connectivity index (χ3v) is 7.25. The first-order valence-electron chi connectivity index (χ1n) is 12.6. The number of nitrogens with one attached hydrogen (secondary N) is 1. The molecule has 4 rings (SSSR count). The van der Waals surface area contributed by atoms with E-state index < -0.39 is 23.3 Å². The Kier molecular flexibility index (Phi) is 8.55. The van der Waals surface area contributed by atoms with E-state index in [0.717, 1.165) is 5.56 Å². The zero-order valence-electron chi connectivity index (χ0n) is 21.7. The molecule has 1 atom stereocenters. The zero-order chi connectivity index (χ0) is 27.5. The van der Waals surface area contributed by atoms with Gasteiger partial charge in [-0.3, -0.25) is 9.59 Å². The van der Waals surface area contributed by atoms with E-state index >= 15 is 0 Å². The number of piperidine rings is 1. The van der Waals surface area contributed by atoms with Crippen LogP contribution in [0.1, 0.15) is 56.0 Å². The largest absolute Gasteiger partial charge is 0.486 e. The van der Waals surface area contributed by atoms with Gasteiger partial charge in [0.05, 0.1) is 35.2 Å². The molecule has 2 aliphatic rings. The molecule has 8 nitrogen and oxygen atoms in total. The lowest BCUT2D eigenvalue weighted by Crippen LogP contribution is -2.57. The smallest absolute Gasteiger partial charge is 0.408 e. The van der Waals surface area contributed by atoms with E-state index in [9.17, 15) is 14.4 Å². The van der Waals surface area contributed by atoms with E-state index in [1.165, 1.54) is 0 Å². The van der Waals surface area contributed by atoms with Crippen LogP contribution < -0.4 is 10.1 Å². The van der Waals surface area contributed by atoms with E-state index in [2.05, 4.69) is 5.32 Å². The number of benzene rings is 2. The summed E-state index contributed by atoms with van der Waals surface area (Å²) >= 11 is 12.1. The van der Waals surface area contributed by atoms with Gasteiger partial charge in [-0.15, -0.1) is 0 Å². The summed E-state index contributed by atoms with van der Waals surface area (Å²) < 4.78 is 17.4. The topological polar surface area (TPSA) is 94.2 Å². The first kappa shape index (κ1) is 28.2. The highest BCUT2D eigenvalue weighted by molar-refractivity contribution is 6.42. The van der Waals surface area contributed by atoms with Gasteiger partial charge in [0, 0.05) is 25.9 Å². The number of ether oxygens (including phenoxy) is 3. The van der Waals surface area contributed by atoms with Gasteiger partial charge in [-0.05, 0) is 50.6 Å². The van der Waals surface area contributed by atoms with Gasteiger partial charge in [-0.1, -0.05) is 41.4 Å². The monoisotopic (exact) mass is 562 g/mol. The van der Waals surface area contributed by atoms with E-state index in [0.29, 0.717) is 47.3 Å². The van der Waals surface area contributed by atoms with Crippen LogP contribution >= 0.6 is 23.2 Å². The van der Waals surface area contributed by atoms with Gasteiger partial charge < -0.3 is 24.4 Å². The van der Waals surface area contributed by atoms with Crippen molar-refractivity contribution in [2.24, 2.45) is 0 Å². The zero-order valence-corrected chi connectivity index (χ0v) is 23.2. The summed E-state index contributed by atoms with van der Waals surface area (Å²) in [6.07, 6.45) is 0.572. The predicted molar refractivity (Wildman–Crippen MR) is 144 cm³/mol. The number of rotatable bonds is 6. The fourth-order valence-electron chi connectivity index (χ4n) is 4.63. The van der Waals surface area contributed by atoms with E-state index in [-0.39, 0.29) is 31.3 Å². The van der Waals surface area contributed by atoms with Crippen molar-refractivity contribution in [1.29, 1.82) is 0 Å². The van der Waals surface area contributed by atoms with Crippen molar-refractivity contribution < 1.29 is 28.6 Å². The Morgan fingerprint density at radius 2 is 1.82 bits per heavy atom. The van der Waals surface area contributed by atoms with Crippen molar-refractivity contribution in [3.63, 3.8) is 0 Å².